The maximum atomic E-state index is 6.04. The van der Waals surface area contributed by atoms with Gasteiger partial charge in [-0.05, 0) is 46.6 Å². The quantitative estimate of drug-likeness (QED) is 0.703. The van der Waals surface area contributed by atoms with Crippen molar-refractivity contribution in [3.63, 3.8) is 0 Å². The lowest BCUT2D eigenvalue weighted by Gasteiger charge is -2.09. The third-order valence-corrected chi connectivity index (χ3v) is 3.33. The molecule has 17 heavy (non-hydrogen) atoms. The Morgan fingerprint density at radius 1 is 1.18 bits per heavy atom. The molecular formula is C12H8Br2ClNO. The highest BCUT2D eigenvalue weighted by Gasteiger charge is 2.07. The van der Waals surface area contributed by atoms with E-state index in [9.17, 15) is 0 Å². The van der Waals surface area contributed by atoms with Gasteiger partial charge in [-0.3, -0.25) is 0 Å². The second kappa shape index (κ2) is 5.38. The third kappa shape index (κ3) is 3.21. The molecule has 0 aliphatic heterocycles. The van der Waals surface area contributed by atoms with Crippen molar-refractivity contribution in [2.45, 2.75) is 6.92 Å². The minimum Gasteiger partial charge on any atom is -0.437 e. The van der Waals surface area contributed by atoms with Crippen molar-refractivity contribution in [2.75, 3.05) is 0 Å². The van der Waals surface area contributed by atoms with Crippen molar-refractivity contribution in [3.8, 4) is 11.6 Å². The number of aryl methyl sites for hydroxylation is 1. The lowest BCUT2D eigenvalue weighted by atomic mass is 10.2. The van der Waals surface area contributed by atoms with E-state index in [0.717, 1.165) is 20.3 Å². The van der Waals surface area contributed by atoms with E-state index in [1.807, 2.05) is 25.1 Å². The molecule has 0 fully saturated rings. The number of pyridine rings is 1. The summed E-state index contributed by atoms with van der Waals surface area (Å²) in [6.45, 7) is 1.97. The molecule has 0 radical (unpaired) electrons. The third-order valence-electron chi connectivity index (χ3n) is 2.13. The summed E-state index contributed by atoms with van der Waals surface area (Å²) < 4.78 is 7.45. The number of ether oxygens (including phenoxy) is 1. The topological polar surface area (TPSA) is 22.1 Å². The summed E-state index contributed by atoms with van der Waals surface area (Å²) in [6.07, 6.45) is 1.65. The Morgan fingerprint density at radius 2 is 1.94 bits per heavy atom. The molecule has 0 aliphatic rings. The smallest absolute Gasteiger partial charge is 0.238 e. The highest BCUT2D eigenvalue weighted by Crippen LogP contribution is 2.32. The summed E-state index contributed by atoms with van der Waals surface area (Å²) in [6, 6.07) is 7.55. The fourth-order valence-corrected chi connectivity index (χ4v) is 2.27. The summed E-state index contributed by atoms with van der Waals surface area (Å²) in [5, 5.41) is 0.471. The van der Waals surface area contributed by atoms with Crippen molar-refractivity contribution < 1.29 is 4.74 Å². The lowest BCUT2D eigenvalue weighted by Crippen LogP contribution is -1.91. The number of hydrogen-bond acceptors (Lipinski definition) is 2. The van der Waals surface area contributed by atoms with E-state index in [2.05, 4.69) is 36.8 Å². The van der Waals surface area contributed by atoms with Gasteiger partial charge in [-0.25, -0.2) is 4.98 Å². The van der Waals surface area contributed by atoms with E-state index in [0.29, 0.717) is 10.9 Å². The number of hydrogen-bond donors (Lipinski definition) is 0. The van der Waals surface area contributed by atoms with Gasteiger partial charge in [0.1, 0.15) is 10.8 Å². The van der Waals surface area contributed by atoms with Crippen molar-refractivity contribution in [1.29, 1.82) is 0 Å². The molecule has 0 bridgehead atoms. The first-order valence-corrected chi connectivity index (χ1v) is 6.78. The predicted molar refractivity (Wildman–Crippen MR) is 75.9 cm³/mol. The van der Waals surface area contributed by atoms with Crippen LogP contribution >= 0.6 is 43.5 Å². The van der Waals surface area contributed by atoms with Crippen LogP contribution in [-0.4, -0.2) is 4.98 Å². The molecule has 88 valence electrons. The second-order valence-electron chi connectivity index (χ2n) is 3.45. The summed E-state index contributed by atoms with van der Waals surface area (Å²) in [5.74, 6) is 1.13. The zero-order valence-electron chi connectivity index (χ0n) is 8.88. The van der Waals surface area contributed by atoms with E-state index >= 15 is 0 Å². The van der Waals surface area contributed by atoms with Crippen LogP contribution in [0.4, 0.5) is 0 Å². The number of nitrogens with zero attached hydrogens (tertiary/aromatic N) is 1. The predicted octanol–water partition coefficient (Wildman–Crippen LogP) is 5.36. The molecule has 1 heterocycles. The monoisotopic (exact) mass is 375 g/mol. The molecule has 0 atom stereocenters. The summed E-state index contributed by atoms with van der Waals surface area (Å²) in [7, 11) is 0. The highest BCUT2D eigenvalue weighted by molar-refractivity contribution is 9.10. The lowest BCUT2D eigenvalue weighted by molar-refractivity contribution is 0.459. The van der Waals surface area contributed by atoms with Crippen LogP contribution in [0.15, 0.2) is 39.4 Å². The average Bonchev–Trinajstić information content (AvgIpc) is 2.27. The van der Waals surface area contributed by atoms with Crippen molar-refractivity contribution in [3.05, 3.63) is 50.0 Å². The number of rotatable bonds is 2. The second-order valence-corrected chi connectivity index (χ2v) is 5.69. The van der Waals surface area contributed by atoms with Gasteiger partial charge in [0, 0.05) is 15.1 Å². The molecule has 0 saturated carbocycles. The molecule has 0 unspecified atom stereocenters. The molecule has 0 saturated heterocycles. The summed E-state index contributed by atoms with van der Waals surface area (Å²) in [4.78, 5) is 4.13. The van der Waals surface area contributed by atoms with Crippen LogP contribution in [0.3, 0.4) is 0 Å². The first-order valence-electron chi connectivity index (χ1n) is 4.81. The van der Waals surface area contributed by atoms with E-state index in [-0.39, 0.29) is 0 Å². The van der Waals surface area contributed by atoms with E-state index in [1.165, 1.54) is 0 Å². The van der Waals surface area contributed by atoms with Crippen LogP contribution < -0.4 is 4.74 Å². The maximum absolute atomic E-state index is 6.04. The molecule has 0 spiro atoms. The Morgan fingerprint density at radius 3 is 2.65 bits per heavy atom. The number of benzene rings is 1. The molecule has 1 aromatic heterocycles. The van der Waals surface area contributed by atoms with Crippen LogP contribution in [-0.2, 0) is 0 Å². The van der Waals surface area contributed by atoms with E-state index < -0.39 is 0 Å². The number of aromatic nitrogens is 1. The van der Waals surface area contributed by atoms with Crippen LogP contribution in [0, 0.1) is 6.92 Å². The van der Waals surface area contributed by atoms with Crippen LogP contribution in [0.2, 0.25) is 5.02 Å². The fourth-order valence-electron chi connectivity index (χ4n) is 1.27. The molecule has 0 N–H and O–H groups in total. The average molecular weight is 377 g/mol. The fraction of sp³-hybridized carbons (Fsp3) is 0.0833. The van der Waals surface area contributed by atoms with E-state index in [4.69, 9.17) is 16.3 Å². The van der Waals surface area contributed by atoms with Gasteiger partial charge in [0.25, 0.3) is 0 Å². The number of halogens is 3. The van der Waals surface area contributed by atoms with Gasteiger partial charge in [-0.1, -0.05) is 33.6 Å². The Bertz CT molecular complexity index is 560. The summed E-state index contributed by atoms with van der Waals surface area (Å²) >= 11 is 12.7. The highest BCUT2D eigenvalue weighted by atomic mass is 79.9. The molecule has 1 aromatic carbocycles. The molecule has 2 rings (SSSR count). The van der Waals surface area contributed by atoms with Crippen molar-refractivity contribution in [1.82, 2.24) is 4.98 Å². The SMILES string of the molecule is Cc1ccc(Br)cc1Oc1ncc(Br)cc1Cl. The Labute approximate surface area is 121 Å². The molecule has 0 aliphatic carbocycles. The largest absolute Gasteiger partial charge is 0.437 e. The van der Waals surface area contributed by atoms with Gasteiger partial charge in [0.05, 0.1) is 0 Å². The minimum atomic E-state index is 0.399. The van der Waals surface area contributed by atoms with E-state index in [1.54, 1.807) is 12.3 Å². The van der Waals surface area contributed by atoms with Crippen molar-refractivity contribution in [2.24, 2.45) is 0 Å². The van der Waals surface area contributed by atoms with Crippen LogP contribution in [0.1, 0.15) is 5.56 Å². The Balaban J connectivity index is 2.34. The zero-order valence-corrected chi connectivity index (χ0v) is 12.8. The van der Waals surface area contributed by atoms with Gasteiger partial charge >= 0.3 is 0 Å². The van der Waals surface area contributed by atoms with Gasteiger partial charge in [-0.15, -0.1) is 0 Å². The molecule has 5 heteroatoms. The van der Waals surface area contributed by atoms with Gasteiger partial charge < -0.3 is 4.74 Å². The zero-order chi connectivity index (χ0) is 12.4. The normalized spacial score (nSPS) is 10.4. The van der Waals surface area contributed by atoms with Gasteiger partial charge in [0.2, 0.25) is 5.88 Å². The maximum Gasteiger partial charge on any atom is 0.238 e. The van der Waals surface area contributed by atoms with Gasteiger partial charge in [-0.2, -0.15) is 0 Å². The van der Waals surface area contributed by atoms with Gasteiger partial charge in [0.15, 0.2) is 0 Å². The van der Waals surface area contributed by atoms with Crippen molar-refractivity contribution >= 4 is 43.5 Å². The van der Waals surface area contributed by atoms with Crippen LogP contribution in [0.5, 0.6) is 11.6 Å². The first kappa shape index (κ1) is 12.9. The molecule has 0 amide bonds. The molecular weight excluding hydrogens is 369 g/mol. The summed E-state index contributed by atoms with van der Waals surface area (Å²) in [5.41, 5.74) is 1.02. The first-order chi connectivity index (χ1) is 8.06. The Kier molecular flexibility index (Phi) is 4.07. The minimum absolute atomic E-state index is 0.399. The molecule has 2 aromatic rings. The molecule has 2 nitrogen and oxygen atoms in total. The Hall–Kier alpha value is -0.580. The van der Waals surface area contributed by atoms with Crippen LogP contribution in [0.25, 0.3) is 0 Å². The standard InChI is InChI=1S/C12H8Br2ClNO/c1-7-2-3-8(13)5-11(7)17-12-10(15)4-9(14)6-16-12/h2-6H,1H3.